The quantitative estimate of drug-likeness (QED) is 0.465. The van der Waals surface area contributed by atoms with E-state index in [1.54, 1.807) is 48.5 Å². The molecule has 1 aliphatic carbocycles. The Morgan fingerprint density at radius 1 is 0.853 bits per heavy atom. The number of carbonyl (C=O) groups excluding carboxylic acids is 2. The van der Waals surface area contributed by atoms with Crippen molar-refractivity contribution in [2.75, 3.05) is 4.90 Å². The summed E-state index contributed by atoms with van der Waals surface area (Å²) in [5.41, 5.74) is 2.66. The molecule has 0 N–H and O–H groups in total. The van der Waals surface area contributed by atoms with Gasteiger partial charge < -0.3 is 4.74 Å². The van der Waals surface area contributed by atoms with Crippen LogP contribution in [0.1, 0.15) is 42.7 Å². The molecule has 3 aromatic carbocycles. The second-order valence-electron chi connectivity index (χ2n) is 8.52. The average molecular weight is 459 g/mol. The van der Waals surface area contributed by atoms with Crippen molar-refractivity contribution in [3.05, 3.63) is 107 Å². The van der Waals surface area contributed by atoms with Crippen LogP contribution in [0.3, 0.4) is 0 Å². The first-order valence-corrected chi connectivity index (χ1v) is 11.3. The minimum Gasteiger partial charge on any atom is -0.489 e. The lowest BCUT2D eigenvalue weighted by Gasteiger charge is -2.38. The van der Waals surface area contributed by atoms with Crippen LogP contribution in [0.25, 0.3) is 0 Å². The lowest BCUT2D eigenvalue weighted by molar-refractivity contribution is -0.120. The number of halogens is 2. The third-order valence-corrected chi connectivity index (χ3v) is 6.40. The minimum atomic E-state index is -0.490. The predicted molar refractivity (Wildman–Crippen MR) is 124 cm³/mol. The van der Waals surface area contributed by atoms with E-state index in [2.05, 4.69) is 0 Å². The second kappa shape index (κ2) is 9.21. The molecule has 0 spiro atoms. The number of rotatable bonds is 5. The maximum atomic E-state index is 14.5. The lowest BCUT2D eigenvalue weighted by Crippen LogP contribution is -2.41. The summed E-state index contributed by atoms with van der Waals surface area (Å²) in [7, 11) is 0. The molecule has 0 saturated heterocycles. The van der Waals surface area contributed by atoms with Crippen LogP contribution >= 0.6 is 0 Å². The topological polar surface area (TPSA) is 46.6 Å². The summed E-state index contributed by atoms with van der Waals surface area (Å²) in [4.78, 5) is 27.6. The van der Waals surface area contributed by atoms with Crippen LogP contribution in [-0.4, -0.2) is 11.7 Å². The van der Waals surface area contributed by atoms with Gasteiger partial charge in [0.25, 0.3) is 0 Å². The summed E-state index contributed by atoms with van der Waals surface area (Å²) < 4.78 is 34.1. The molecule has 0 aromatic heterocycles. The normalized spacial score (nSPS) is 18.2. The van der Waals surface area contributed by atoms with Gasteiger partial charge in [-0.25, -0.2) is 8.78 Å². The van der Waals surface area contributed by atoms with Crippen LogP contribution in [0.4, 0.5) is 14.5 Å². The highest BCUT2D eigenvalue weighted by atomic mass is 19.1. The molecule has 4 nitrogen and oxygen atoms in total. The molecule has 1 atom stereocenters. The number of ketones is 1. The molecule has 1 amide bonds. The SMILES string of the molecule is O=C1CCCC2=C1C(c1ccc(OCc3ccccc3F)cc1)CC(=O)N2c1ccccc1F. The van der Waals surface area contributed by atoms with Gasteiger partial charge in [0.05, 0.1) is 5.69 Å². The Bertz CT molecular complexity index is 1280. The number of carbonyl (C=O) groups is 2. The van der Waals surface area contributed by atoms with Gasteiger partial charge in [-0.3, -0.25) is 14.5 Å². The zero-order valence-corrected chi connectivity index (χ0v) is 18.5. The Morgan fingerprint density at radius 3 is 2.29 bits per heavy atom. The van der Waals surface area contributed by atoms with E-state index in [9.17, 15) is 18.4 Å². The molecule has 0 fully saturated rings. The fourth-order valence-electron chi connectivity index (χ4n) is 4.76. The molecular weight excluding hydrogens is 436 g/mol. The number of anilines is 1. The molecule has 1 aliphatic heterocycles. The Morgan fingerprint density at radius 2 is 1.56 bits per heavy atom. The van der Waals surface area contributed by atoms with Gasteiger partial charge in [0.1, 0.15) is 24.0 Å². The van der Waals surface area contributed by atoms with Gasteiger partial charge in [-0.15, -0.1) is 0 Å². The lowest BCUT2D eigenvalue weighted by atomic mass is 9.77. The number of hydrogen-bond acceptors (Lipinski definition) is 3. The first kappa shape index (κ1) is 22.0. The highest BCUT2D eigenvalue weighted by Gasteiger charge is 2.40. The molecule has 6 heteroatoms. The Kier molecular flexibility index (Phi) is 5.97. The van der Waals surface area contributed by atoms with E-state index in [0.717, 1.165) is 5.56 Å². The maximum Gasteiger partial charge on any atom is 0.232 e. The number of allylic oxidation sites excluding steroid dienone is 2. The van der Waals surface area contributed by atoms with Crippen molar-refractivity contribution >= 4 is 17.4 Å². The molecule has 172 valence electrons. The summed E-state index contributed by atoms with van der Waals surface area (Å²) >= 11 is 0. The van der Waals surface area contributed by atoms with Crippen LogP contribution in [0, 0.1) is 11.6 Å². The molecule has 0 saturated carbocycles. The van der Waals surface area contributed by atoms with Crippen LogP contribution in [-0.2, 0) is 16.2 Å². The number of amides is 1. The second-order valence-corrected chi connectivity index (χ2v) is 8.52. The Balaban J connectivity index is 1.44. The fraction of sp³-hybridized carbons (Fsp3) is 0.214. The van der Waals surface area contributed by atoms with Gasteiger partial charge in [-0.05, 0) is 48.7 Å². The van der Waals surface area contributed by atoms with Crippen molar-refractivity contribution in [3.8, 4) is 5.75 Å². The van der Waals surface area contributed by atoms with E-state index in [0.29, 0.717) is 41.8 Å². The molecule has 34 heavy (non-hydrogen) atoms. The summed E-state index contributed by atoms with van der Waals surface area (Å²) in [6.07, 6.45) is 1.67. The molecule has 3 aromatic rings. The van der Waals surface area contributed by atoms with E-state index < -0.39 is 5.82 Å². The van der Waals surface area contributed by atoms with Crippen molar-refractivity contribution in [1.29, 1.82) is 0 Å². The van der Waals surface area contributed by atoms with Gasteiger partial charge >= 0.3 is 0 Å². The first-order valence-electron chi connectivity index (χ1n) is 11.3. The van der Waals surface area contributed by atoms with E-state index in [1.165, 1.54) is 17.0 Å². The number of nitrogens with zero attached hydrogens (tertiary/aromatic N) is 1. The van der Waals surface area contributed by atoms with E-state index in [1.807, 2.05) is 12.1 Å². The Hall–Kier alpha value is -3.80. The molecule has 1 unspecified atom stereocenters. The van der Waals surface area contributed by atoms with Crippen molar-refractivity contribution in [3.63, 3.8) is 0 Å². The average Bonchev–Trinajstić information content (AvgIpc) is 2.84. The molecular formula is C28H23F2NO3. The number of ether oxygens (including phenoxy) is 1. The predicted octanol–water partition coefficient (Wildman–Crippen LogP) is 6.07. The van der Waals surface area contributed by atoms with Crippen LogP contribution < -0.4 is 9.64 Å². The van der Waals surface area contributed by atoms with Gasteiger partial charge in [0, 0.05) is 35.6 Å². The highest BCUT2D eigenvalue weighted by Crippen LogP contribution is 2.44. The fourth-order valence-corrected chi connectivity index (χ4v) is 4.76. The molecule has 0 bridgehead atoms. The van der Waals surface area contributed by atoms with Crippen molar-refractivity contribution < 1.29 is 23.1 Å². The minimum absolute atomic E-state index is 0.0000291. The van der Waals surface area contributed by atoms with E-state index in [4.69, 9.17) is 4.74 Å². The summed E-state index contributed by atoms with van der Waals surface area (Å²) in [6, 6.07) is 19.8. The van der Waals surface area contributed by atoms with Crippen LogP contribution in [0.2, 0.25) is 0 Å². The van der Waals surface area contributed by atoms with Gasteiger partial charge in [-0.2, -0.15) is 0 Å². The first-order chi connectivity index (χ1) is 16.5. The van der Waals surface area contributed by atoms with E-state index >= 15 is 0 Å². The van der Waals surface area contributed by atoms with Crippen LogP contribution in [0.5, 0.6) is 5.75 Å². The Labute approximate surface area is 196 Å². The number of hydrogen-bond donors (Lipinski definition) is 0. The molecule has 5 rings (SSSR count). The van der Waals surface area contributed by atoms with Gasteiger partial charge in [0.15, 0.2) is 5.78 Å². The molecule has 2 aliphatic rings. The zero-order chi connectivity index (χ0) is 23.7. The largest absolute Gasteiger partial charge is 0.489 e. The van der Waals surface area contributed by atoms with E-state index in [-0.39, 0.29) is 42.1 Å². The molecule has 1 heterocycles. The van der Waals surface area contributed by atoms with Crippen molar-refractivity contribution in [2.24, 2.45) is 0 Å². The maximum absolute atomic E-state index is 14.5. The smallest absolute Gasteiger partial charge is 0.232 e. The number of benzene rings is 3. The third-order valence-electron chi connectivity index (χ3n) is 6.40. The molecule has 0 radical (unpaired) electrons. The number of para-hydroxylation sites is 1. The third kappa shape index (κ3) is 4.12. The summed E-state index contributed by atoms with van der Waals surface area (Å²) in [5, 5.41) is 0. The van der Waals surface area contributed by atoms with Gasteiger partial charge in [0.2, 0.25) is 5.91 Å². The van der Waals surface area contributed by atoms with Crippen molar-refractivity contribution in [1.82, 2.24) is 0 Å². The van der Waals surface area contributed by atoms with Crippen molar-refractivity contribution in [2.45, 2.75) is 38.2 Å². The van der Waals surface area contributed by atoms with Gasteiger partial charge in [-0.1, -0.05) is 42.5 Å². The summed E-state index contributed by atoms with van der Waals surface area (Å²) in [6.45, 7) is 0.0965. The number of Topliss-reactive ketones (excluding diaryl/α,β-unsaturated/α-hetero) is 1. The summed E-state index contributed by atoms with van der Waals surface area (Å²) in [5.74, 6) is -0.876. The monoisotopic (exact) mass is 459 g/mol. The highest BCUT2D eigenvalue weighted by molar-refractivity contribution is 6.07. The van der Waals surface area contributed by atoms with Crippen LogP contribution in [0.15, 0.2) is 84.1 Å². The zero-order valence-electron chi connectivity index (χ0n) is 18.5. The standard InChI is InChI=1S/C28H23F2NO3/c29-22-7-2-1-6-19(22)17-34-20-14-12-18(13-15-20)21-16-27(33)31(24-9-4-3-8-23(24)30)25-10-5-11-26(32)28(21)25/h1-4,6-9,12-15,21H,5,10-11,16-17H2.